The topological polar surface area (TPSA) is 20.3 Å². The van der Waals surface area contributed by atoms with E-state index in [0.717, 1.165) is 6.54 Å². The first kappa shape index (κ1) is 16.5. The van der Waals surface area contributed by atoms with Crippen LogP contribution in [0.1, 0.15) is 64.4 Å². The Morgan fingerprint density at radius 2 is 1.86 bits per heavy atom. The molecule has 2 rings (SSSR count). The standard InChI is InChI=1S/C18H29NOS/c1-4-6-7-10-14-18(13-5-2)15-19(21(3)20)17-12-9-8-11-16(17)18/h8-9,11-12H,4-7,10,13-15H2,1-3H3. The fraction of sp³-hybridized carbons (Fsp3) is 0.667. The molecule has 1 aliphatic heterocycles. The molecule has 1 aromatic carbocycles. The van der Waals surface area contributed by atoms with Crippen LogP contribution in [0.2, 0.25) is 0 Å². The van der Waals surface area contributed by atoms with Crippen LogP contribution in [0, 0.1) is 0 Å². The van der Waals surface area contributed by atoms with E-state index in [2.05, 4.69) is 42.4 Å². The van der Waals surface area contributed by atoms with E-state index in [1.165, 1.54) is 56.2 Å². The highest BCUT2D eigenvalue weighted by atomic mass is 32.2. The predicted molar refractivity (Wildman–Crippen MR) is 93.2 cm³/mol. The molecule has 1 aliphatic rings. The third-order valence-corrected chi connectivity index (χ3v) is 5.68. The molecular weight excluding hydrogens is 278 g/mol. The van der Waals surface area contributed by atoms with Crippen molar-refractivity contribution in [2.45, 2.75) is 64.2 Å². The van der Waals surface area contributed by atoms with Crippen molar-refractivity contribution < 1.29 is 4.21 Å². The summed E-state index contributed by atoms with van der Waals surface area (Å²) in [6.07, 6.45) is 10.6. The Kier molecular flexibility index (Phi) is 5.86. The molecule has 2 nitrogen and oxygen atoms in total. The zero-order valence-electron chi connectivity index (χ0n) is 13.7. The first-order valence-electron chi connectivity index (χ1n) is 8.35. The Morgan fingerprint density at radius 3 is 2.52 bits per heavy atom. The molecule has 0 amide bonds. The molecule has 1 aromatic rings. The van der Waals surface area contributed by atoms with Gasteiger partial charge in [0.1, 0.15) is 11.0 Å². The molecule has 0 bridgehead atoms. The van der Waals surface area contributed by atoms with Crippen LogP contribution < -0.4 is 4.31 Å². The number of nitrogens with zero attached hydrogens (tertiary/aromatic N) is 1. The van der Waals surface area contributed by atoms with Crippen LogP contribution in [-0.4, -0.2) is 17.0 Å². The monoisotopic (exact) mass is 307 g/mol. The van der Waals surface area contributed by atoms with Crippen molar-refractivity contribution >= 4 is 16.7 Å². The van der Waals surface area contributed by atoms with Gasteiger partial charge in [0.05, 0.1) is 5.69 Å². The molecule has 0 spiro atoms. The summed E-state index contributed by atoms with van der Waals surface area (Å²) in [5.74, 6) is 0. The quantitative estimate of drug-likeness (QED) is 0.631. The summed E-state index contributed by atoms with van der Waals surface area (Å²) in [6, 6.07) is 8.60. The number of benzene rings is 1. The van der Waals surface area contributed by atoms with E-state index in [4.69, 9.17) is 0 Å². The number of unbranched alkanes of at least 4 members (excludes halogenated alkanes) is 3. The smallest absolute Gasteiger partial charge is 0.116 e. The van der Waals surface area contributed by atoms with E-state index in [9.17, 15) is 4.21 Å². The van der Waals surface area contributed by atoms with Crippen molar-refractivity contribution in [1.29, 1.82) is 0 Å². The molecule has 2 atom stereocenters. The highest BCUT2D eigenvalue weighted by Crippen LogP contribution is 2.47. The van der Waals surface area contributed by atoms with Crippen molar-refractivity contribution in [3.63, 3.8) is 0 Å². The first-order valence-corrected chi connectivity index (χ1v) is 9.86. The van der Waals surface area contributed by atoms with Gasteiger partial charge in [-0.1, -0.05) is 64.2 Å². The third-order valence-electron chi connectivity index (χ3n) is 4.74. The van der Waals surface area contributed by atoms with Crippen LogP contribution in [0.15, 0.2) is 24.3 Å². The molecule has 118 valence electrons. The van der Waals surface area contributed by atoms with E-state index in [1.807, 2.05) is 0 Å². The van der Waals surface area contributed by atoms with E-state index in [-0.39, 0.29) is 5.41 Å². The molecule has 0 aromatic heterocycles. The highest BCUT2D eigenvalue weighted by molar-refractivity contribution is 7.85. The van der Waals surface area contributed by atoms with Gasteiger partial charge in [-0.15, -0.1) is 0 Å². The number of rotatable bonds is 8. The molecule has 3 heteroatoms. The number of para-hydroxylation sites is 1. The molecule has 0 fully saturated rings. The molecule has 1 heterocycles. The lowest BCUT2D eigenvalue weighted by molar-refractivity contribution is 0.371. The second-order valence-electron chi connectivity index (χ2n) is 6.32. The van der Waals surface area contributed by atoms with Gasteiger partial charge in [0.2, 0.25) is 0 Å². The normalized spacial score (nSPS) is 22.3. The molecular formula is C18H29NOS. The summed E-state index contributed by atoms with van der Waals surface area (Å²) in [4.78, 5) is 0. The van der Waals surface area contributed by atoms with Gasteiger partial charge < -0.3 is 0 Å². The van der Waals surface area contributed by atoms with Gasteiger partial charge in [-0.2, -0.15) is 0 Å². The van der Waals surface area contributed by atoms with E-state index in [1.54, 1.807) is 6.26 Å². The maximum Gasteiger partial charge on any atom is 0.116 e. The molecule has 0 radical (unpaired) electrons. The summed E-state index contributed by atoms with van der Waals surface area (Å²) in [6.45, 7) is 5.45. The van der Waals surface area contributed by atoms with Gasteiger partial charge in [-0.05, 0) is 24.5 Å². The van der Waals surface area contributed by atoms with Crippen LogP contribution in [0.4, 0.5) is 5.69 Å². The second kappa shape index (κ2) is 7.44. The maximum atomic E-state index is 12.1. The Bertz CT molecular complexity index is 488. The lowest BCUT2D eigenvalue weighted by atomic mass is 9.74. The van der Waals surface area contributed by atoms with Crippen molar-refractivity contribution in [2.75, 3.05) is 17.1 Å². The summed E-state index contributed by atoms with van der Waals surface area (Å²) in [7, 11) is -0.928. The average Bonchev–Trinajstić information content (AvgIpc) is 2.80. The molecule has 2 unspecified atom stereocenters. The van der Waals surface area contributed by atoms with Gasteiger partial charge in [-0.25, -0.2) is 4.21 Å². The number of hydrogen-bond acceptors (Lipinski definition) is 1. The van der Waals surface area contributed by atoms with Crippen molar-refractivity contribution in [3.05, 3.63) is 29.8 Å². The van der Waals surface area contributed by atoms with Crippen molar-refractivity contribution in [3.8, 4) is 0 Å². The summed E-state index contributed by atoms with van der Waals surface area (Å²) in [5, 5.41) is 0. The first-order chi connectivity index (χ1) is 10.1. The minimum absolute atomic E-state index is 0.213. The van der Waals surface area contributed by atoms with Gasteiger partial charge in [0.15, 0.2) is 0 Å². The van der Waals surface area contributed by atoms with E-state index in [0.29, 0.717) is 0 Å². The molecule has 0 saturated carbocycles. The lowest BCUT2D eigenvalue weighted by Gasteiger charge is -2.30. The van der Waals surface area contributed by atoms with Crippen LogP contribution in [0.25, 0.3) is 0 Å². The predicted octanol–water partition coefficient (Wildman–Crippen LogP) is 4.81. The van der Waals surface area contributed by atoms with Gasteiger partial charge in [0.25, 0.3) is 0 Å². The minimum Gasteiger partial charge on any atom is -0.291 e. The van der Waals surface area contributed by atoms with Gasteiger partial charge in [0, 0.05) is 18.2 Å². The fourth-order valence-electron chi connectivity index (χ4n) is 3.74. The Hall–Kier alpha value is -0.830. The Morgan fingerprint density at radius 1 is 1.10 bits per heavy atom. The Labute approximate surface area is 132 Å². The number of hydrogen-bond donors (Lipinski definition) is 0. The highest BCUT2D eigenvalue weighted by Gasteiger charge is 2.42. The van der Waals surface area contributed by atoms with Crippen molar-refractivity contribution in [2.24, 2.45) is 0 Å². The lowest BCUT2D eigenvalue weighted by Crippen LogP contribution is -2.34. The summed E-state index contributed by atoms with van der Waals surface area (Å²) >= 11 is 0. The number of anilines is 1. The second-order valence-corrected chi connectivity index (χ2v) is 7.61. The molecule has 0 aliphatic carbocycles. The average molecular weight is 308 g/mol. The largest absolute Gasteiger partial charge is 0.291 e. The third kappa shape index (κ3) is 3.50. The van der Waals surface area contributed by atoms with Crippen LogP contribution >= 0.6 is 0 Å². The summed E-state index contributed by atoms with van der Waals surface area (Å²) < 4.78 is 14.2. The number of fused-ring (bicyclic) bond motifs is 1. The van der Waals surface area contributed by atoms with Gasteiger partial charge in [-0.3, -0.25) is 4.31 Å². The molecule has 0 saturated heterocycles. The van der Waals surface area contributed by atoms with Crippen LogP contribution in [0.3, 0.4) is 0 Å². The van der Waals surface area contributed by atoms with E-state index >= 15 is 0 Å². The molecule has 0 N–H and O–H groups in total. The van der Waals surface area contributed by atoms with E-state index < -0.39 is 11.0 Å². The zero-order valence-corrected chi connectivity index (χ0v) is 14.5. The fourth-order valence-corrected chi connectivity index (χ4v) is 4.60. The molecule has 21 heavy (non-hydrogen) atoms. The van der Waals surface area contributed by atoms with Crippen LogP contribution in [0.5, 0.6) is 0 Å². The maximum absolute atomic E-state index is 12.1. The zero-order chi connectivity index (χ0) is 15.3. The van der Waals surface area contributed by atoms with Gasteiger partial charge >= 0.3 is 0 Å². The van der Waals surface area contributed by atoms with Crippen molar-refractivity contribution in [1.82, 2.24) is 0 Å². The SMILES string of the molecule is CCCCCCC1(CCC)CN(S(C)=O)c2ccccc21. The van der Waals surface area contributed by atoms with Crippen LogP contribution in [-0.2, 0) is 16.4 Å². The summed E-state index contributed by atoms with van der Waals surface area (Å²) in [5.41, 5.74) is 2.84. The minimum atomic E-state index is -0.928. The Balaban J connectivity index is 2.26.